The number of fused-ring (bicyclic) bond motifs is 1. The topological polar surface area (TPSA) is 94.7 Å². The summed E-state index contributed by atoms with van der Waals surface area (Å²) in [5, 5.41) is 4.08. The van der Waals surface area contributed by atoms with Crippen molar-refractivity contribution in [1.29, 1.82) is 0 Å². The number of piperazine rings is 1. The van der Waals surface area contributed by atoms with Crippen molar-refractivity contribution >= 4 is 34.2 Å². The van der Waals surface area contributed by atoms with Crippen molar-refractivity contribution in [3.05, 3.63) is 82.1 Å². The molecule has 0 bridgehead atoms. The molecule has 0 aliphatic carbocycles. The highest BCUT2D eigenvalue weighted by atomic mass is 32.1. The molecule has 0 radical (unpaired) electrons. The van der Waals surface area contributed by atoms with Gasteiger partial charge in [0.2, 0.25) is 0 Å². The summed E-state index contributed by atoms with van der Waals surface area (Å²) in [6.45, 7) is 4.33. The van der Waals surface area contributed by atoms with Crippen molar-refractivity contribution in [3.63, 3.8) is 0 Å². The number of rotatable bonds is 6. The lowest BCUT2D eigenvalue weighted by Gasteiger charge is -2.46. The molecule has 4 heterocycles. The van der Waals surface area contributed by atoms with Crippen LogP contribution in [0.1, 0.15) is 31.5 Å². The largest absolute Gasteiger partial charge is 0.364 e. The van der Waals surface area contributed by atoms with Crippen LogP contribution < -0.4 is 0 Å². The SMILES string of the molecule is O=C(ON1CC(N2CCN(C(=O)c3nccs3)CC2)C1)c1ccc2nc(Cc3ccccc3)[nH]c2c1. The van der Waals surface area contributed by atoms with Gasteiger partial charge in [0.05, 0.1) is 29.7 Å². The van der Waals surface area contributed by atoms with Crippen molar-refractivity contribution in [2.45, 2.75) is 12.5 Å². The number of amides is 1. The number of benzene rings is 2. The van der Waals surface area contributed by atoms with Gasteiger partial charge >= 0.3 is 5.97 Å². The summed E-state index contributed by atoms with van der Waals surface area (Å²) in [7, 11) is 0. The van der Waals surface area contributed by atoms with Crippen molar-refractivity contribution in [3.8, 4) is 0 Å². The monoisotopic (exact) mass is 502 g/mol. The first-order valence-electron chi connectivity index (χ1n) is 12.0. The number of hydroxylamine groups is 2. The predicted molar refractivity (Wildman–Crippen MR) is 136 cm³/mol. The minimum atomic E-state index is -0.367. The van der Waals surface area contributed by atoms with E-state index in [-0.39, 0.29) is 11.9 Å². The maximum atomic E-state index is 12.7. The lowest BCUT2D eigenvalue weighted by molar-refractivity contribution is -0.182. The zero-order valence-corrected chi connectivity index (χ0v) is 20.5. The van der Waals surface area contributed by atoms with E-state index in [2.05, 4.69) is 32.0 Å². The van der Waals surface area contributed by atoms with Crippen molar-refractivity contribution in [2.24, 2.45) is 0 Å². The van der Waals surface area contributed by atoms with Crippen molar-refractivity contribution in [2.75, 3.05) is 39.3 Å². The molecule has 0 unspecified atom stereocenters. The van der Waals surface area contributed by atoms with Crippen LogP contribution in [0.5, 0.6) is 0 Å². The number of nitrogens with one attached hydrogen (secondary N) is 1. The summed E-state index contributed by atoms with van der Waals surface area (Å²) in [5.74, 6) is 0.504. The Kier molecular flexibility index (Phi) is 6.22. The molecule has 1 N–H and O–H groups in total. The number of imidazole rings is 1. The average molecular weight is 503 g/mol. The fourth-order valence-corrected chi connectivity index (χ4v) is 5.31. The molecule has 2 aliphatic heterocycles. The number of hydrogen-bond donors (Lipinski definition) is 1. The van der Waals surface area contributed by atoms with Crippen LogP contribution in [0, 0.1) is 0 Å². The van der Waals surface area contributed by atoms with E-state index in [1.54, 1.807) is 23.4 Å². The standard InChI is InChI=1S/C26H26N6O3S/c33-25(24-27-8-13-36-24)31-11-9-30(10-12-31)20-16-32(17-20)35-26(34)19-6-7-21-22(15-19)29-23(28-21)14-18-4-2-1-3-5-18/h1-8,13,15,20H,9-12,14,16-17H2,(H,28,29). The maximum Gasteiger partial charge on any atom is 0.357 e. The number of thiazole rings is 1. The Balaban J connectivity index is 0.994. The van der Waals surface area contributed by atoms with Gasteiger partial charge in [0.25, 0.3) is 5.91 Å². The quantitative estimate of drug-likeness (QED) is 0.433. The van der Waals surface area contributed by atoms with Crippen LogP contribution in [0.2, 0.25) is 0 Å². The van der Waals surface area contributed by atoms with E-state index in [9.17, 15) is 9.59 Å². The van der Waals surface area contributed by atoms with Crippen LogP contribution in [-0.2, 0) is 11.3 Å². The molecular formula is C26H26N6O3S. The van der Waals surface area contributed by atoms with Crippen molar-refractivity contribution < 1.29 is 14.4 Å². The molecule has 0 saturated carbocycles. The minimum absolute atomic E-state index is 0.00948. The Morgan fingerprint density at radius 2 is 1.86 bits per heavy atom. The van der Waals surface area contributed by atoms with Gasteiger partial charge in [0.15, 0.2) is 5.01 Å². The summed E-state index contributed by atoms with van der Waals surface area (Å²) >= 11 is 1.38. The van der Waals surface area contributed by atoms with E-state index in [1.165, 1.54) is 16.9 Å². The Hall–Kier alpha value is -3.60. The van der Waals surface area contributed by atoms with Crippen LogP contribution in [0.4, 0.5) is 0 Å². The zero-order chi connectivity index (χ0) is 24.5. The first-order chi connectivity index (χ1) is 17.6. The predicted octanol–water partition coefficient (Wildman–Crippen LogP) is 2.82. The third-order valence-corrected chi connectivity index (χ3v) is 7.52. The Labute approximate surface area is 212 Å². The van der Waals surface area contributed by atoms with E-state index in [1.807, 2.05) is 34.5 Å². The van der Waals surface area contributed by atoms with Gasteiger partial charge in [0.1, 0.15) is 5.82 Å². The Morgan fingerprint density at radius 1 is 1.06 bits per heavy atom. The molecule has 36 heavy (non-hydrogen) atoms. The summed E-state index contributed by atoms with van der Waals surface area (Å²) in [6, 6.07) is 15.9. The maximum absolute atomic E-state index is 12.7. The normalized spacial score (nSPS) is 17.3. The first-order valence-corrected chi connectivity index (χ1v) is 12.9. The highest BCUT2D eigenvalue weighted by Crippen LogP contribution is 2.21. The molecule has 10 heteroatoms. The van der Waals surface area contributed by atoms with Gasteiger partial charge < -0.3 is 14.7 Å². The number of aromatic nitrogens is 3. The van der Waals surface area contributed by atoms with E-state index >= 15 is 0 Å². The number of nitrogens with zero attached hydrogens (tertiary/aromatic N) is 5. The molecular weight excluding hydrogens is 476 g/mol. The highest BCUT2D eigenvalue weighted by Gasteiger charge is 2.37. The van der Waals surface area contributed by atoms with Crippen LogP contribution in [-0.4, -0.2) is 87.0 Å². The lowest BCUT2D eigenvalue weighted by atomic mass is 10.1. The van der Waals surface area contributed by atoms with Gasteiger partial charge in [-0.1, -0.05) is 30.3 Å². The number of aromatic amines is 1. The number of carbonyl (C=O) groups is 2. The molecule has 2 saturated heterocycles. The van der Waals surface area contributed by atoms with E-state index in [0.717, 1.165) is 29.9 Å². The number of H-pyrrole nitrogens is 1. The molecule has 184 valence electrons. The minimum Gasteiger partial charge on any atom is -0.364 e. The third kappa shape index (κ3) is 4.75. The smallest absolute Gasteiger partial charge is 0.357 e. The van der Waals surface area contributed by atoms with Crippen LogP contribution in [0.25, 0.3) is 11.0 Å². The highest BCUT2D eigenvalue weighted by molar-refractivity contribution is 7.11. The molecule has 6 rings (SSSR count). The van der Waals surface area contributed by atoms with Crippen molar-refractivity contribution in [1.82, 2.24) is 29.8 Å². The second-order valence-corrected chi connectivity index (χ2v) is 10.0. The molecule has 2 aromatic carbocycles. The second kappa shape index (κ2) is 9.81. The number of hydrogen-bond acceptors (Lipinski definition) is 8. The summed E-state index contributed by atoms with van der Waals surface area (Å²) in [6.07, 6.45) is 2.37. The van der Waals surface area contributed by atoms with Gasteiger partial charge in [-0.15, -0.1) is 16.4 Å². The fourth-order valence-electron chi connectivity index (χ4n) is 4.71. The van der Waals surface area contributed by atoms with Gasteiger partial charge in [-0.3, -0.25) is 9.69 Å². The zero-order valence-electron chi connectivity index (χ0n) is 19.7. The first kappa shape index (κ1) is 22.8. The molecule has 0 atom stereocenters. The third-order valence-electron chi connectivity index (χ3n) is 6.75. The van der Waals surface area contributed by atoms with E-state index < -0.39 is 0 Å². The second-order valence-electron chi connectivity index (χ2n) is 9.12. The Bertz CT molecular complexity index is 1360. The van der Waals surface area contributed by atoms with Crippen LogP contribution in [0.3, 0.4) is 0 Å². The summed E-state index contributed by atoms with van der Waals surface area (Å²) in [4.78, 5) is 47.1. The van der Waals surface area contributed by atoms with E-state index in [0.29, 0.717) is 49.2 Å². The fraction of sp³-hybridized carbons (Fsp3) is 0.308. The molecule has 2 aromatic heterocycles. The summed E-state index contributed by atoms with van der Waals surface area (Å²) in [5.41, 5.74) is 3.32. The Morgan fingerprint density at radius 3 is 2.61 bits per heavy atom. The van der Waals surface area contributed by atoms with Crippen LogP contribution in [0.15, 0.2) is 60.1 Å². The molecule has 2 fully saturated rings. The number of carbonyl (C=O) groups excluding carboxylic acids is 2. The van der Waals surface area contributed by atoms with Crippen LogP contribution >= 0.6 is 11.3 Å². The van der Waals surface area contributed by atoms with Gasteiger partial charge in [-0.05, 0) is 23.8 Å². The van der Waals surface area contributed by atoms with Gasteiger partial charge in [-0.2, -0.15) is 0 Å². The molecule has 9 nitrogen and oxygen atoms in total. The summed E-state index contributed by atoms with van der Waals surface area (Å²) < 4.78 is 0. The lowest BCUT2D eigenvalue weighted by Crippen LogP contribution is -2.63. The van der Waals surface area contributed by atoms with Gasteiger partial charge in [-0.25, -0.2) is 14.8 Å². The van der Waals surface area contributed by atoms with E-state index in [4.69, 9.17) is 4.84 Å². The molecule has 2 aliphatic rings. The molecule has 0 spiro atoms. The molecule has 1 amide bonds. The average Bonchev–Trinajstić information content (AvgIpc) is 3.56. The molecule has 4 aromatic rings. The van der Waals surface area contributed by atoms with Gasteiger partial charge in [0, 0.05) is 50.2 Å².